The zero-order chi connectivity index (χ0) is 21.4. The first kappa shape index (κ1) is 19.9. The van der Waals surface area contributed by atoms with Crippen molar-refractivity contribution in [3.8, 4) is 5.75 Å². The van der Waals surface area contributed by atoms with Crippen LogP contribution >= 0.6 is 0 Å². The highest BCUT2D eigenvalue weighted by Crippen LogP contribution is 2.31. The number of nitrogens with one attached hydrogen (secondary N) is 1. The number of fused-ring (bicyclic) bond motifs is 1. The van der Waals surface area contributed by atoms with E-state index in [0.29, 0.717) is 23.9 Å². The molecule has 5 rings (SSSR count). The Kier molecular flexibility index (Phi) is 5.31. The number of pyridine rings is 1. The minimum absolute atomic E-state index is 0.220. The lowest BCUT2D eigenvalue weighted by Gasteiger charge is -2.36. The lowest BCUT2D eigenvalue weighted by atomic mass is 10.1. The van der Waals surface area contributed by atoms with Gasteiger partial charge in [-0.05, 0) is 31.9 Å². The minimum atomic E-state index is -0.220. The van der Waals surface area contributed by atoms with Gasteiger partial charge in [-0.1, -0.05) is 6.07 Å². The SMILES string of the molecule is COc1ccc(CN2CCN(c3nc4cc(C)ncc4nc3NC3CC3)CC2)c(F)c1. The van der Waals surface area contributed by atoms with Gasteiger partial charge in [0.2, 0.25) is 0 Å². The minimum Gasteiger partial charge on any atom is -0.497 e. The molecule has 7 nitrogen and oxygen atoms in total. The van der Waals surface area contributed by atoms with Crippen molar-refractivity contribution >= 4 is 22.7 Å². The number of benzene rings is 1. The van der Waals surface area contributed by atoms with Gasteiger partial charge in [0.05, 0.1) is 18.8 Å². The van der Waals surface area contributed by atoms with Crippen LogP contribution in [0, 0.1) is 12.7 Å². The van der Waals surface area contributed by atoms with Crippen LogP contribution in [0.1, 0.15) is 24.1 Å². The number of aryl methyl sites for hydroxylation is 1. The molecule has 1 aliphatic heterocycles. The molecule has 0 bridgehead atoms. The number of aromatic nitrogens is 3. The Bertz CT molecular complexity index is 1090. The largest absolute Gasteiger partial charge is 0.497 e. The van der Waals surface area contributed by atoms with Gasteiger partial charge in [0.25, 0.3) is 0 Å². The Hall–Kier alpha value is -3.00. The highest BCUT2D eigenvalue weighted by Gasteiger charge is 2.27. The quantitative estimate of drug-likeness (QED) is 0.653. The van der Waals surface area contributed by atoms with Crippen molar-refractivity contribution in [1.82, 2.24) is 19.9 Å². The van der Waals surface area contributed by atoms with E-state index in [0.717, 1.165) is 54.5 Å². The Morgan fingerprint density at radius 2 is 1.90 bits per heavy atom. The molecule has 162 valence electrons. The van der Waals surface area contributed by atoms with Crippen LogP contribution in [0.15, 0.2) is 30.5 Å². The molecule has 1 N–H and O–H groups in total. The van der Waals surface area contributed by atoms with Crippen LogP contribution in [0.3, 0.4) is 0 Å². The van der Waals surface area contributed by atoms with Gasteiger partial charge in [-0.25, -0.2) is 14.4 Å². The number of halogens is 1. The normalized spacial score (nSPS) is 17.2. The van der Waals surface area contributed by atoms with Crippen molar-refractivity contribution in [1.29, 1.82) is 0 Å². The molecule has 1 aromatic carbocycles. The van der Waals surface area contributed by atoms with Gasteiger partial charge in [0.15, 0.2) is 11.6 Å². The van der Waals surface area contributed by atoms with Gasteiger partial charge in [-0.15, -0.1) is 0 Å². The number of piperazine rings is 1. The summed E-state index contributed by atoms with van der Waals surface area (Å²) < 4.78 is 19.4. The van der Waals surface area contributed by atoms with Gasteiger partial charge in [0.1, 0.15) is 17.1 Å². The number of rotatable bonds is 6. The summed E-state index contributed by atoms with van der Waals surface area (Å²) in [6.45, 7) is 5.87. The van der Waals surface area contributed by atoms with Crippen molar-refractivity contribution in [2.45, 2.75) is 32.4 Å². The first-order valence-electron chi connectivity index (χ1n) is 10.8. The Balaban J connectivity index is 1.32. The molecule has 1 saturated carbocycles. The second-order valence-corrected chi connectivity index (χ2v) is 8.35. The first-order chi connectivity index (χ1) is 15.1. The number of hydrogen-bond acceptors (Lipinski definition) is 7. The molecule has 8 heteroatoms. The number of methoxy groups -OCH3 is 1. The topological polar surface area (TPSA) is 66.4 Å². The second kappa shape index (κ2) is 8.26. The van der Waals surface area contributed by atoms with Gasteiger partial charge in [-0.2, -0.15) is 0 Å². The molecule has 0 radical (unpaired) electrons. The molecule has 2 aromatic heterocycles. The monoisotopic (exact) mass is 422 g/mol. The van der Waals surface area contributed by atoms with Gasteiger partial charge >= 0.3 is 0 Å². The van der Waals surface area contributed by atoms with Crippen LogP contribution in [0.5, 0.6) is 5.75 Å². The Morgan fingerprint density at radius 3 is 2.61 bits per heavy atom. The van der Waals surface area contributed by atoms with E-state index in [1.54, 1.807) is 13.3 Å². The first-order valence-corrected chi connectivity index (χ1v) is 10.8. The molecule has 1 saturated heterocycles. The summed E-state index contributed by atoms with van der Waals surface area (Å²) in [7, 11) is 1.55. The average Bonchev–Trinajstić information content (AvgIpc) is 3.59. The van der Waals surface area contributed by atoms with Gasteiger partial charge < -0.3 is 15.0 Å². The molecule has 0 spiro atoms. The van der Waals surface area contributed by atoms with E-state index in [9.17, 15) is 4.39 Å². The zero-order valence-electron chi connectivity index (χ0n) is 17.9. The molecule has 2 fully saturated rings. The van der Waals surface area contributed by atoms with E-state index in [2.05, 4.69) is 20.1 Å². The highest BCUT2D eigenvalue weighted by molar-refractivity contribution is 5.80. The lowest BCUT2D eigenvalue weighted by Crippen LogP contribution is -2.46. The van der Waals surface area contributed by atoms with Crippen LogP contribution in [0.25, 0.3) is 11.0 Å². The maximum absolute atomic E-state index is 14.3. The smallest absolute Gasteiger partial charge is 0.172 e. The number of hydrogen-bond donors (Lipinski definition) is 1. The summed E-state index contributed by atoms with van der Waals surface area (Å²) in [5.41, 5.74) is 3.30. The molecule has 0 amide bonds. The van der Waals surface area contributed by atoms with Crippen molar-refractivity contribution in [3.63, 3.8) is 0 Å². The van der Waals surface area contributed by atoms with Crippen LogP contribution in [0.2, 0.25) is 0 Å². The number of nitrogens with zero attached hydrogens (tertiary/aromatic N) is 5. The second-order valence-electron chi connectivity index (χ2n) is 8.35. The summed E-state index contributed by atoms with van der Waals surface area (Å²) in [5.74, 6) is 2.07. The van der Waals surface area contributed by atoms with E-state index in [1.807, 2.05) is 25.1 Å². The molecule has 2 aliphatic rings. The fourth-order valence-corrected chi connectivity index (χ4v) is 3.93. The van der Waals surface area contributed by atoms with Crippen molar-refractivity contribution < 1.29 is 9.13 Å². The Morgan fingerprint density at radius 1 is 1.10 bits per heavy atom. The van der Waals surface area contributed by atoms with E-state index in [1.165, 1.54) is 18.9 Å². The highest BCUT2D eigenvalue weighted by atomic mass is 19.1. The summed E-state index contributed by atoms with van der Waals surface area (Å²) in [6.07, 6.45) is 4.14. The lowest BCUT2D eigenvalue weighted by molar-refractivity contribution is 0.246. The molecule has 3 aromatic rings. The van der Waals surface area contributed by atoms with Crippen molar-refractivity contribution in [2.75, 3.05) is 43.5 Å². The number of ether oxygens (including phenoxy) is 1. The fourth-order valence-electron chi connectivity index (χ4n) is 3.93. The van der Waals surface area contributed by atoms with E-state index in [4.69, 9.17) is 14.7 Å². The standard InChI is InChI=1S/C23H27FN6O/c1-15-11-20-21(13-25-15)27-22(26-17-4-5-17)23(28-20)30-9-7-29(8-10-30)14-16-3-6-18(31-2)12-19(16)24/h3,6,11-13,17H,4-5,7-10,14H2,1-2H3,(H,26,27). The van der Waals surface area contributed by atoms with Crippen LogP contribution in [-0.2, 0) is 6.54 Å². The predicted molar refractivity (Wildman–Crippen MR) is 119 cm³/mol. The molecular weight excluding hydrogens is 395 g/mol. The Labute approximate surface area is 181 Å². The molecule has 0 unspecified atom stereocenters. The summed E-state index contributed by atoms with van der Waals surface area (Å²) in [4.78, 5) is 18.7. The van der Waals surface area contributed by atoms with Crippen molar-refractivity contribution in [2.24, 2.45) is 0 Å². The summed E-state index contributed by atoms with van der Waals surface area (Å²) in [6, 6.07) is 7.54. The molecule has 0 atom stereocenters. The fraction of sp³-hybridized carbons (Fsp3) is 0.435. The maximum Gasteiger partial charge on any atom is 0.172 e. The third-order valence-corrected chi connectivity index (χ3v) is 5.91. The van der Waals surface area contributed by atoms with Gasteiger partial charge in [-0.3, -0.25) is 9.88 Å². The summed E-state index contributed by atoms with van der Waals surface area (Å²) >= 11 is 0. The molecular formula is C23H27FN6O. The molecule has 31 heavy (non-hydrogen) atoms. The third-order valence-electron chi connectivity index (χ3n) is 5.91. The predicted octanol–water partition coefficient (Wildman–Crippen LogP) is 3.38. The van der Waals surface area contributed by atoms with E-state index >= 15 is 0 Å². The van der Waals surface area contributed by atoms with E-state index in [-0.39, 0.29) is 5.82 Å². The average molecular weight is 423 g/mol. The van der Waals surface area contributed by atoms with Crippen LogP contribution < -0.4 is 15.0 Å². The molecule has 1 aliphatic carbocycles. The zero-order valence-corrected chi connectivity index (χ0v) is 17.9. The van der Waals surface area contributed by atoms with E-state index < -0.39 is 0 Å². The van der Waals surface area contributed by atoms with Crippen LogP contribution in [-0.4, -0.2) is 59.2 Å². The third kappa shape index (κ3) is 4.39. The van der Waals surface area contributed by atoms with Gasteiger partial charge in [0, 0.05) is 56.1 Å². The van der Waals surface area contributed by atoms with Crippen molar-refractivity contribution in [3.05, 3.63) is 47.5 Å². The van der Waals surface area contributed by atoms with Crippen LogP contribution in [0.4, 0.5) is 16.0 Å². The summed E-state index contributed by atoms with van der Waals surface area (Å²) in [5, 5.41) is 3.54. The molecule has 3 heterocycles. The number of anilines is 2. The maximum atomic E-state index is 14.3.